The lowest BCUT2D eigenvalue weighted by Crippen LogP contribution is -2.43. The molecule has 1 aromatic rings. The molecule has 2 unspecified atom stereocenters. The van der Waals surface area contributed by atoms with E-state index in [1.54, 1.807) is 16.9 Å². The second-order valence-corrected chi connectivity index (χ2v) is 6.12. The molecule has 2 atom stereocenters. The summed E-state index contributed by atoms with van der Waals surface area (Å²) in [6, 6.07) is 1.74. The number of esters is 1. The standard InChI is InChI=1S/C16H25N3O3/c1-11(2)19-10-9-14(18-19)15(20)17-13-8-6-4-5-7-12(13)16(21)22-3/h9-13H,4-8H2,1-3H3,(H,17,20). The van der Waals surface area contributed by atoms with Gasteiger partial charge in [-0.05, 0) is 32.8 Å². The topological polar surface area (TPSA) is 73.2 Å². The van der Waals surface area contributed by atoms with E-state index in [2.05, 4.69) is 10.4 Å². The first kappa shape index (κ1) is 16.5. The molecule has 1 fully saturated rings. The monoisotopic (exact) mass is 307 g/mol. The number of nitrogens with zero attached hydrogens (tertiary/aromatic N) is 2. The molecule has 1 heterocycles. The molecule has 0 saturated heterocycles. The maximum absolute atomic E-state index is 12.4. The van der Waals surface area contributed by atoms with Gasteiger partial charge in [0.1, 0.15) is 5.69 Å². The van der Waals surface area contributed by atoms with Gasteiger partial charge in [0.2, 0.25) is 0 Å². The number of ether oxygens (including phenoxy) is 1. The third-order valence-electron chi connectivity index (χ3n) is 4.21. The Morgan fingerprint density at radius 3 is 2.68 bits per heavy atom. The Morgan fingerprint density at radius 1 is 1.32 bits per heavy atom. The van der Waals surface area contributed by atoms with E-state index in [0.29, 0.717) is 5.69 Å². The molecular formula is C16H25N3O3. The molecule has 1 aliphatic carbocycles. The third-order valence-corrected chi connectivity index (χ3v) is 4.21. The fourth-order valence-corrected chi connectivity index (χ4v) is 2.90. The van der Waals surface area contributed by atoms with Crippen molar-refractivity contribution in [3.63, 3.8) is 0 Å². The van der Waals surface area contributed by atoms with E-state index in [1.165, 1.54) is 7.11 Å². The minimum Gasteiger partial charge on any atom is -0.469 e. The van der Waals surface area contributed by atoms with Crippen molar-refractivity contribution in [2.45, 2.75) is 58.0 Å². The van der Waals surface area contributed by atoms with Crippen LogP contribution in [0.5, 0.6) is 0 Å². The highest BCUT2D eigenvalue weighted by molar-refractivity contribution is 5.92. The molecule has 2 rings (SSSR count). The maximum atomic E-state index is 12.4. The number of hydrogen-bond acceptors (Lipinski definition) is 4. The average Bonchev–Trinajstić information content (AvgIpc) is 2.89. The molecule has 0 bridgehead atoms. The Bertz CT molecular complexity index is 524. The van der Waals surface area contributed by atoms with Crippen molar-refractivity contribution in [1.29, 1.82) is 0 Å². The molecule has 22 heavy (non-hydrogen) atoms. The zero-order valence-corrected chi connectivity index (χ0v) is 13.5. The van der Waals surface area contributed by atoms with E-state index < -0.39 is 0 Å². The van der Waals surface area contributed by atoms with Gasteiger partial charge in [0.15, 0.2) is 0 Å². The Morgan fingerprint density at radius 2 is 2.05 bits per heavy atom. The number of nitrogens with one attached hydrogen (secondary N) is 1. The SMILES string of the molecule is COC(=O)C1CCCCCC1NC(=O)c1ccn(C(C)C)n1. The van der Waals surface area contributed by atoms with Crippen LogP contribution in [0.25, 0.3) is 0 Å². The fourth-order valence-electron chi connectivity index (χ4n) is 2.90. The molecule has 0 spiro atoms. The van der Waals surface area contributed by atoms with Gasteiger partial charge in [0, 0.05) is 18.3 Å². The summed E-state index contributed by atoms with van der Waals surface area (Å²) < 4.78 is 6.64. The highest BCUT2D eigenvalue weighted by Gasteiger charge is 2.32. The van der Waals surface area contributed by atoms with Gasteiger partial charge in [-0.1, -0.05) is 19.3 Å². The summed E-state index contributed by atoms with van der Waals surface area (Å²) in [6.07, 6.45) is 6.45. The number of carbonyl (C=O) groups is 2. The second kappa shape index (κ2) is 7.42. The van der Waals surface area contributed by atoms with Gasteiger partial charge in [0.25, 0.3) is 5.91 Å². The molecule has 0 aliphatic heterocycles. The summed E-state index contributed by atoms with van der Waals surface area (Å²) in [4.78, 5) is 24.3. The fraction of sp³-hybridized carbons (Fsp3) is 0.688. The van der Waals surface area contributed by atoms with Crippen molar-refractivity contribution in [2.75, 3.05) is 7.11 Å². The van der Waals surface area contributed by atoms with Crippen LogP contribution in [0.1, 0.15) is 62.5 Å². The molecule has 1 aliphatic rings. The van der Waals surface area contributed by atoms with E-state index in [0.717, 1.165) is 32.1 Å². The summed E-state index contributed by atoms with van der Waals surface area (Å²) in [6.45, 7) is 4.01. The largest absolute Gasteiger partial charge is 0.469 e. The molecule has 1 aromatic heterocycles. The minimum atomic E-state index is -0.261. The number of rotatable bonds is 4. The molecule has 1 N–H and O–H groups in total. The summed E-state index contributed by atoms with van der Waals surface area (Å²) in [7, 11) is 1.40. The van der Waals surface area contributed by atoms with E-state index in [4.69, 9.17) is 4.74 Å². The van der Waals surface area contributed by atoms with Crippen LogP contribution in [0.15, 0.2) is 12.3 Å². The Labute approximate surface area is 131 Å². The van der Waals surface area contributed by atoms with E-state index in [9.17, 15) is 9.59 Å². The summed E-state index contributed by atoms with van der Waals surface area (Å²) >= 11 is 0. The van der Waals surface area contributed by atoms with Gasteiger partial charge in [-0.15, -0.1) is 0 Å². The third kappa shape index (κ3) is 3.87. The average molecular weight is 307 g/mol. The van der Waals surface area contributed by atoms with Gasteiger partial charge >= 0.3 is 5.97 Å². The first-order chi connectivity index (χ1) is 10.5. The van der Waals surface area contributed by atoms with Gasteiger partial charge < -0.3 is 10.1 Å². The minimum absolute atomic E-state index is 0.174. The van der Waals surface area contributed by atoms with Crippen molar-refractivity contribution in [3.05, 3.63) is 18.0 Å². The van der Waals surface area contributed by atoms with Crippen molar-refractivity contribution < 1.29 is 14.3 Å². The first-order valence-electron chi connectivity index (χ1n) is 7.96. The number of hydrogen-bond donors (Lipinski definition) is 1. The van der Waals surface area contributed by atoms with Crippen LogP contribution < -0.4 is 5.32 Å². The quantitative estimate of drug-likeness (QED) is 0.684. The van der Waals surface area contributed by atoms with E-state index in [-0.39, 0.29) is 29.9 Å². The van der Waals surface area contributed by atoms with Gasteiger partial charge in [-0.3, -0.25) is 14.3 Å². The number of aromatic nitrogens is 2. The predicted molar refractivity (Wildman–Crippen MR) is 82.5 cm³/mol. The Kier molecular flexibility index (Phi) is 5.57. The lowest BCUT2D eigenvalue weighted by molar-refractivity contribution is -0.146. The van der Waals surface area contributed by atoms with Crippen LogP contribution in [0.2, 0.25) is 0 Å². The lowest BCUT2D eigenvalue weighted by atomic mass is 9.94. The number of carbonyl (C=O) groups excluding carboxylic acids is 2. The molecule has 6 nitrogen and oxygen atoms in total. The van der Waals surface area contributed by atoms with Crippen molar-refractivity contribution >= 4 is 11.9 Å². The van der Waals surface area contributed by atoms with Crippen LogP contribution in [0, 0.1) is 5.92 Å². The van der Waals surface area contributed by atoms with Crippen LogP contribution >= 0.6 is 0 Å². The van der Waals surface area contributed by atoms with Crippen LogP contribution in [0.3, 0.4) is 0 Å². The van der Waals surface area contributed by atoms with Crippen LogP contribution in [0.4, 0.5) is 0 Å². The van der Waals surface area contributed by atoms with Crippen LogP contribution in [-0.4, -0.2) is 34.8 Å². The van der Waals surface area contributed by atoms with Crippen LogP contribution in [-0.2, 0) is 9.53 Å². The van der Waals surface area contributed by atoms with E-state index in [1.807, 2.05) is 13.8 Å². The zero-order chi connectivity index (χ0) is 16.1. The highest BCUT2D eigenvalue weighted by atomic mass is 16.5. The summed E-state index contributed by atoms with van der Waals surface area (Å²) in [5.41, 5.74) is 0.390. The van der Waals surface area contributed by atoms with Gasteiger partial charge in [-0.2, -0.15) is 5.10 Å². The molecule has 1 amide bonds. The highest BCUT2D eigenvalue weighted by Crippen LogP contribution is 2.25. The molecule has 0 radical (unpaired) electrons. The lowest BCUT2D eigenvalue weighted by Gasteiger charge is -2.23. The number of amides is 1. The maximum Gasteiger partial charge on any atom is 0.310 e. The van der Waals surface area contributed by atoms with Crippen molar-refractivity contribution in [3.8, 4) is 0 Å². The first-order valence-corrected chi connectivity index (χ1v) is 7.96. The Hall–Kier alpha value is -1.85. The molecule has 122 valence electrons. The van der Waals surface area contributed by atoms with Gasteiger partial charge in [0.05, 0.1) is 13.0 Å². The van der Waals surface area contributed by atoms with Crippen molar-refractivity contribution in [2.24, 2.45) is 5.92 Å². The zero-order valence-electron chi connectivity index (χ0n) is 13.5. The normalized spacial score (nSPS) is 22.2. The van der Waals surface area contributed by atoms with Gasteiger partial charge in [-0.25, -0.2) is 0 Å². The summed E-state index contributed by atoms with van der Waals surface area (Å²) in [5, 5.41) is 7.25. The number of methoxy groups -OCH3 is 1. The molecule has 0 aromatic carbocycles. The smallest absolute Gasteiger partial charge is 0.310 e. The molecule has 1 saturated carbocycles. The van der Waals surface area contributed by atoms with E-state index >= 15 is 0 Å². The molecule has 6 heteroatoms. The molecular weight excluding hydrogens is 282 g/mol. The second-order valence-electron chi connectivity index (χ2n) is 6.12. The predicted octanol–water partition coefficient (Wildman–Crippen LogP) is 2.32. The van der Waals surface area contributed by atoms with Crippen molar-refractivity contribution in [1.82, 2.24) is 15.1 Å². The Balaban J connectivity index is 2.07. The summed E-state index contributed by atoms with van der Waals surface area (Å²) in [5.74, 6) is -0.719.